The summed E-state index contributed by atoms with van der Waals surface area (Å²) in [5.74, 6) is -0.231. The molecule has 0 bridgehead atoms. The van der Waals surface area contributed by atoms with Crippen molar-refractivity contribution in [1.82, 2.24) is 10.3 Å². The van der Waals surface area contributed by atoms with E-state index >= 15 is 0 Å². The number of aromatic nitrogens is 1. The zero-order valence-corrected chi connectivity index (χ0v) is 16.5. The van der Waals surface area contributed by atoms with Crippen LogP contribution in [-0.2, 0) is 6.42 Å². The maximum Gasteiger partial charge on any atom is 0.257 e. The minimum atomic E-state index is -0.231. The third-order valence-electron chi connectivity index (χ3n) is 4.03. The molecule has 0 aliphatic heterocycles. The molecule has 4 nitrogen and oxygen atoms in total. The van der Waals surface area contributed by atoms with E-state index in [-0.39, 0.29) is 11.0 Å². The molecular weight excluding hydrogens is 362 g/mol. The largest absolute Gasteiger partial charge is 0.308 e. The molecule has 0 fully saturated rings. The second kappa shape index (κ2) is 8.38. The molecule has 3 rings (SSSR count). The van der Waals surface area contributed by atoms with E-state index in [1.165, 1.54) is 29.7 Å². The monoisotopic (exact) mass is 383 g/mol. The van der Waals surface area contributed by atoms with Crippen molar-refractivity contribution in [2.45, 2.75) is 33.1 Å². The third-order valence-corrected chi connectivity index (χ3v) is 5.17. The molecule has 134 valence electrons. The van der Waals surface area contributed by atoms with Crippen molar-refractivity contribution in [1.29, 1.82) is 0 Å². The first-order valence-electron chi connectivity index (χ1n) is 8.63. The number of carbonyl (C=O) groups is 1. The van der Waals surface area contributed by atoms with E-state index in [1.54, 1.807) is 12.1 Å². The molecule has 1 aromatic heterocycles. The van der Waals surface area contributed by atoms with Crippen LogP contribution in [0, 0.1) is 6.92 Å². The van der Waals surface area contributed by atoms with Gasteiger partial charge in [-0.15, -0.1) is 0 Å². The first-order valence-corrected chi connectivity index (χ1v) is 9.86. The molecule has 0 aliphatic rings. The van der Waals surface area contributed by atoms with Gasteiger partial charge in [-0.2, -0.15) is 0 Å². The van der Waals surface area contributed by atoms with Crippen LogP contribution in [0.2, 0.25) is 0 Å². The number of thiazole rings is 1. The fourth-order valence-electron chi connectivity index (χ4n) is 2.57. The molecule has 0 spiro atoms. The van der Waals surface area contributed by atoms with Gasteiger partial charge in [0.2, 0.25) is 0 Å². The minimum absolute atomic E-state index is 0.231. The van der Waals surface area contributed by atoms with Gasteiger partial charge in [0.15, 0.2) is 10.2 Å². The Hall–Kier alpha value is -2.31. The molecule has 3 aromatic rings. The number of unbranched alkanes of at least 4 members (excludes halogenated alkanes) is 1. The highest BCUT2D eigenvalue weighted by Gasteiger charge is 2.10. The number of hydrogen-bond donors (Lipinski definition) is 2. The molecule has 0 atom stereocenters. The molecular formula is C20H21N3OS2. The summed E-state index contributed by atoms with van der Waals surface area (Å²) in [7, 11) is 0. The third kappa shape index (κ3) is 4.65. The maximum atomic E-state index is 12.2. The Kier molecular flexibility index (Phi) is 5.96. The van der Waals surface area contributed by atoms with Crippen LogP contribution in [0.15, 0.2) is 42.5 Å². The number of nitrogens with one attached hydrogen (secondary N) is 2. The molecule has 6 heteroatoms. The molecule has 0 aliphatic carbocycles. The maximum absolute atomic E-state index is 12.2. The summed E-state index contributed by atoms with van der Waals surface area (Å²) in [6.45, 7) is 4.17. The van der Waals surface area contributed by atoms with Gasteiger partial charge in [-0.3, -0.25) is 10.1 Å². The summed E-state index contributed by atoms with van der Waals surface area (Å²) in [6.07, 6.45) is 3.45. The van der Waals surface area contributed by atoms with Gasteiger partial charge >= 0.3 is 0 Å². The topological polar surface area (TPSA) is 54.0 Å². The molecule has 2 aromatic carbocycles. The normalized spacial score (nSPS) is 10.7. The Labute approximate surface area is 162 Å². The highest BCUT2D eigenvalue weighted by atomic mass is 32.1. The van der Waals surface area contributed by atoms with Crippen LogP contribution in [0.5, 0.6) is 0 Å². The summed E-state index contributed by atoms with van der Waals surface area (Å²) in [4.78, 5) is 16.8. The van der Waals surface area contributed by atoms with Crippen molar-refractivity contribution < 1.29 is 4.79 Å². The lowest BCUT2D eigenvalue weighted by Crippen LogP contribution is -2.34. The van der Waals surface area contributed by atoms with Crippen LogP contribution in [-0.4, -0.2) is 16.0 Å². The minimum Gasteiger partial charge on any atom is -0.308 e. The standard InChI is InChI=1S/C20H21N3OS2/c1-3-4-5-14-8-11-16-17(12-14)26-20(21-16)23-19(25)22-18(24)15-9-6-13(2)7-10-15/h6-12H,3-5H2,1-2H3,(H2,21,22,23,24,25). The Bertz CT molecular complexity index is 932. The van der Waals surface area contributed by atoms with E-state index in [2.05, 4.69) is 34.7 Å². The van der Waals surface area contributed by atoms with E-state index in [0.29, 0.717) is 10.7 Å². The summed E-state index contributed by atoms with van der Waals surface area (Å²) < 4.78 is 1.12. The second-order valence-electron chi connectivity index (χ2n) is 6.20. The molecule has 2 N–H and O–H groups in total. The number of hydrogen-bond acceptors (Lipinski definition) is 4. The summed E-state index contributed by atoms with van der Waals surface area (Å²) >= 11 is 6.79. The fraction of sp³-hybridized carbons (Fsp3) is 0.250. The lowest BCUT2D eigenvalue weighted by Gasteiger charge is -2.07. The average molecular weight is 384 g/mol. The van der Waals surface area contributed by atoms with Gasteiger partial charge < -0.3 is 5.32 Å². The van der Waals surface area contributed by atoms with Crippen molar-refractivity contribution in [3.63, 3.8) is 0 Å². The highest BCUT2D eigenvalue weighted by molar-refractivity contribution is 7.80. The van der Waals surface area contributed by atoms with Crippen LogP contribution in [0.25, 0.3) is 10.2 Å². The van der Waals surface area contributed by atoms with E-state index < -0.39 is 0 Å². The number of rotatable bonds is 5. The SMILES string of the molecule is CCCCc1ccc2nc(NC(=S)NC(=O)c3ccc(C)cc3)sc2c1. The molecule has 26 heavy (non-hydrogen) atoms. The van der Waals surface area contributed by atoms with Gasteiger partial charge in [0, 0.05) is 5.56 Å². The second-order valence-corrected chi connectivity index (χ2v) is 7.64. The number of carbonyl (C=O) groups excluding carboxylic acids is 1. The Morgan fingerprint density at radius 2 is 1.96 bits per heavy atom. The number of aryl methyl sites for hydroxylation is 2. The van der Waals surface area contributed by atoms with E-state index in [9.17, 15) is 4.79 Å². The van der Waals surface area contributed by atoms with Crippen molar-refractivity contribution in [2.24, 2.45) is 0 Å². The van der Waals surface area contributed by atoms with Crippen LogP contribution < -0.4 is 10.6 Å². The van der Waals surface area contributed by atoms with Crippen molar-refractivity contribution in [3.8, 4) is 0 Å². The van der Waals surface area contributed by atoms with Gasteiger partial charge in [0.05, 0.1) is 10.2 Å². The Balaban J connectivity index is 1.65. The molecule has 0 unspecified atom stereocenters. The van der Waals surface area contributed by atoms with Crippen molar-refractivity contribution >= 4 is 49.9 Å². The lowest BCUT2D eigenvalue weighted by molar-refractivity contribution is 0.0977. The molecule has 1 heterocycles. The van der Waals surface area contributed by atoms with Crippen LogP contribution in [0.4, 0.5) is 5.13 Å². The Morgan fingerprint density at radius 3 is 2.69 bits per heavy atom. The number of fused-ring (bicyclic) bond motifs is 1. The number of benzene rings is 2. The zero-order chi connectivity index (χ0) is 18.5. The van der Waals surface area contributed by atoms with Gasteiger partial charge in [0.25, 0.3) is 5.91 Å². The quantitative estimate of drug-likeness (QED) is 0.604. The number of thiocarbonyl (C=S) groups is 1. The molecule has 0 saturated carbocycles. The Morgan fingerprint density at radius 1 is 1.19 bits per heavy atom. The average Bonchev–Trinajstić information content (AvgIpc) is 3.01. The molecule has 0 radical (unpaired) electrons. The van der Waals surface area contributed by atoms with E-state index in [1.807, 2.05) is 25.1 Å². The highest BCUT2D eigenvalue weighted by Crippen LogP contribution is 2.27. The van der Waals surface area contributed by atoms with Crippen LogP contribution in [0.3, 0.4) is 0 Å². The smallest absolute Gasteiger partial charge is 0.257 e. The van der Waals surface area contributed by atoms with Gasteiger partial charge in [0.1, 0.15) is 0 Å². The predicted octanol–water partition coefficient (Wildman–Crippen LogP) is 5.07. The van der Waals surface area contributed by atoms with Crippen molar-refractivity contribution in [3.05, 3.63) is 59.2 Å². The predicted molar refractivity (Wildman–Crippen MR) is 113 cm³/mol. The van der Waals surface area contributed by atoms with E-state index in [4.69, 9.17) is 12.2 Å². The lowest BCUT2D eigenvalue weighted by atomic mass is 10.1. The van der Waals surface area contributed by atoms with Crippen LogP contribution >= 0.6 is 23.6 Å². The van der Waals surface area contributed by atoms with Crippen molar-refractivity contribution in [2.75, 3.05) is 5.32 Å². The number of amides is 1. The fourth-order valence-corrected chi connectivity index (χ4v) is 3.76. The van der Waals surface area contributed by atoms with Crippen LogP contribution in [0.1, 0.15) is 41.3 Å². The number of anilines is 1. The van der Waals surface area contributed by atoms with Gasteiger partial charge in [-0.1, -0.05) is 48.4 Å². The summed E-state index contributed by atoms with van der Waals surface area (Å²) in [6, 6.07) is 13.7. The van der Waals surface area contributed by atoms with E-state index in [0.717, 1.165) is 22.2 Å². The first kappa shape index (κ1) is 18.5. The molecule has 1 amide bonds. The first-order chi connectivity index (χ1) is 12.5. The summed E-state index contributed by atoms with van der Waals surface area (Å²) in [5.41, 5.74) is 3.94. The van der Waals surface area contributed by atoms with Gasteiger partial charge in [-0.25, -0.2) is 4.98 Å². The zero-order valence-electron chi connectivity index (χ0n) is 14.8. The number of nitrogens with zero attached hydrogens (tertiary/aromatic N) is 1. The van der Waals surface area contributed by atoms with Gasteiger partial charge in [-0.05, 0) is 61.8 Å². The summed E-state index contributed by atoms with van der Waals surface area (Å²) in [5, 5.41) is 6.64. The molecule has 0 saturated heterocycles.